The van der Waals surface area contributed by atoms with Crippen LogP contribution in [0.4, 0.5) is 4.39 Å². The van der Waals surface area contributed by atoms with E-state index in [1.807, 2.05) is 30.0 Å². The van der Waals surface area contributed by atoms with E-state index in [0.29, 0.717) is 47.7 Å². The summed E-state index contributed by atoms with van der Waals surface area (Å²) in [5.41, 5.74) is 0.941. The molecule has 6 heteroatoms. The Bertz CT molecular complexity index is 1210. The third kappa shape index (κ3) is 5.63. The minimum Gasteiger partial charge on any atom is -0.332 e. The summed E-state index contributed by atoms with van der Waals surface area (Å²) in [4.78, 5) is 34.2. The van der Waals surface area contributed by atoms with Gasteiger partial charge in [0.25, 0.3) is 5.56 Å². The van der Waals surface area contributed by atoms with E-state index in [0.717, 1.165) is 6.42 Å². The van der Waals surface area contributed by atoms with Crippen molar-refractivity contribution in [2.45, 2.75) is 71.8 Å². The third-order valence-corrected chi connectivity index (χ3v) is 7.07. The first-order valence-electron chi connectivity index (χ1n) is 13.0. The standard InChI is InChI=1S/C29H36FN3O2/c1-4-26(32(19-20(2)3)27(34)18-13-21-9-5-6-10-21)28-31-25-12-8-7-11-24(25)29(35)33(28)23-16-14-22(30)15-17-23/h7-8,11-12,14-17,20-21,26H,4-6,9-10,13,18-19H2,1-3H3. The minimum absolute atomic E-state index is 0.116. The van der Waals surface area contributed by atoms with Crippen LogP contribution in [0.5, 0.6) is 0 Å². The fourth-order valence-electron chi connectivity index (χ4n) is 5.32. The molecule has 35 heavy (non-hydrogen) atoms. The molecule has 5 nitrogen and oxygen atoms in total. The summed E-state index contributed by atoms with van der Waals surface area (Å²) in [6.45, 7) is 6.82. The van der Waals surface area contributed by atoms with Crippen LogP contribution in [0.15, 0.2) is 53.3 Å². The van der Waals surface area contributed by atoms with E-state index >= 15 is 0 Å². The van der Waals surface area contributed by atoms with Crippen molar-refractivity contribution in [3.8, 4) is 5.69 Å². The second-order valence-electron chi connectivity index (χ2n) is 10.2. The van der Waals surface area contributed by atoms with Crippen molar-refractivity contribution >= 4 is 16.8 Å². The highest BCUT2D eigenvalue weighted by Gasteiger charge is 2.30. The summed E-state index contributed by atoms with van der Waals surface area (Å²) >= 11 is 0. The van der Waals surface area contributed by atoms with Crippen molar-refractivity contribution in [1.29, 1.82) is 0 Å². The molecule has 0 N–H and O–H groups in total. The van der Waals surface area contributed by atoms with Crippen LogP contribution < -0.4 is 5.56 Å². The summed E-state index contributed by atoms with van der Waals surface area (Å²) in [7, 11) is 0. The molecule has 0 spiro atoms. The quantitative estimate of drug-likeness (QED) is 0.357. The number of benzene rings is 2. The highest BCUT2D eigenvalue weighted by Crippen LogP contribution is 2.31. The second-order valence-corrected chi connectivity index (χ2v) is 10.2. The molecular formula is C29H36FN3O2. The molecule has 1 saturated carbocycles. The van der Waals surface area contributed by atoms with Gasteiger partial charge in [0.1, 0.15) is 11.6 Å². The predicted octanol–water partition coefficient (Wildman–Crippen LogP) is 6.43. The molecule has 1 atom stereocenters. The fraction of sp³-hybridized carbons (Fsp3) is 0.483. The molecule has 1 aliphatic rings. The molecule has 4 rings (SSSR count). The number of hydrogen-bond acceptors (Lipinski definition) is 3. The lowest BCUT2D eigenvalue weighted by Gasteiger charge is -2.34. The van der Waals surface area contributed by atoms with Crippen LogP contribution in [-0.4, -0.2) is 26.9 Å². The number of carbonyl (C=O) groups excluding carboxylic acids is 1. The zero-order valence-corrected chi connectivity index (χ0v) is 21.0. The fourth-order valence-corrected chi connectivity index (χ4v) is 5.32. The Labute approximate surface area is 207 Å². The number of para-hydroxylation sites is 1. The molecule has 1 aliphatic carbocycles. The van der Waals surface area contributed by atoms with Crippen LogP contribution in [-0.2, 0) is 4.79 Å². The van der Waals surface area contributed by atoms with E-state index in [9.17, 15) is 14.0 Å². The summed E-state index contributed by atoms with van der Waals surface area (Å²) < 4.78 is 15.3. The zero-order chi connectivity index (χ0) is 24.9. The van der Waals surface area contributed by atoms with Gasteiger partial charge in [0.15, 0.2) is 0 Å². The first kappa shape index (κ1) is 25.1. The molecule has 1 amide bonds. The predicted molar refractivity (Wildman–Crippen MR) is 138 cm³/mol. The highest BCUT2D eigenvalue weighted by molar-refractivity contribution is 5.79. The Kier molecular flexibility index (Phi) is 7.99. The molecule has 1 unspecified atom stereocenters. The Morgan fingerprint density at radius 2 is 1.80 bits per heavy atom. The van der Waals surface area contributed by atoms with Gasteiger partial charge >= 0.3 is 0 Å². The van der Waals surface area contributed by atoms with Crippen LogP contribution >= 0.6 is 0 Å². The van der Waals surface area contributed by atoms with Gasteiger partial charge in [-0.15, -0.1) is 0 Å². The molecule has 0 aliphatic heterocycles. The van der Waals surface area contributed by atoms with Gasteiger partial charge in [-0.05, 0) is 61.1 Å². The summed E-state index contributed by atoms with van der Waals surface area (Å²) in [6, 6.07) is 12.8. The molecule has 186 valence electrons. The van der Waals surface area contributed by atoms with Crippen molar-refractivity contribution in [1.82, 2.24) is 14.5 Å². The maximum atomic E-state index is 13.7. The van der Waals surface area contributed by atoms with E-state index in [2.05, 4.69) is 13.8 Å². The molecule has 1 heterocycles. The first-order valence-corrected chi connectivity index (χ1v) is 13.0. The van der Waals surface area contributed by atoms with Crippen LogP contribution in [0.2, 0.25) is 0 Å². The van der Waals surface area contributed by atoms with Gasteiger partial charge < -0.3 is 4.90 Å². The molecule has 3 aromatic rings. The van der Waals surface area contributed by atoms with Crippen LogP contribution in [0.25, 0.3) is 16.6 Å². The van der Waals surface area contributed by atoms with Crippen molar-refractivity contribution in [3.63, 3.8) is 0 Å². The SMILES string of the molecule is CCC(c1nc2ccccc2c(=O)n1-c1ccc(F)cc1)N(CC(C)C)C(=O)CCC1CCCC1. The van der Waals surface area contributed by atoms with Gasteiger partial charge in [0.05, 0.1) is 22.6 Å². The lowest BCUT2D eigenvalue weighted by molar-refractivity contribution is -0.135. The third-order valence-electron chi connectivity index (χ3n) is 7.07. The monoisotopic (exact) mass is 477 g/mol. The van der Waals surface area contributed by atoms with Crippen molar-refractivity contribution in [2.75, 3.05) is 6.54 Å². The topological polar surface area (TPSA) is 55.2 Å². The smallest absolute Gasteiger partial charge is 0.266 e. The van der Waals surface area contributed by atoms with E-state index in [1.165, 1.54) is 37.8 Å². The van der Waals surface area contributed by atoms with Crippen LogP contribution in [0.1, 0.15) is 77.6 Å². The second kappa shape index (κ2) is 11.1. The van der Waals surface area contributed by atoms with Gasteiger partial charge in [0.2, 0.25) is 5.91 Å². The lowest BCUT2D eigenvalue weighted by atomic mass is 10.00. The summed E-state index contributed by atoms with van der Waals surface area (Å²) in [5.74, 6) is 1.18. The van der Waals surface area contributed by atoms with Gasteiger partial charge in [-0.3, -0.25) is 14.2 Å². The van der Waals surface area contributed by atoms with Crippen LogP contribution in [0.3, 0.4) is 0 Å². The number of carbonyl (C=O) groups is 1. The number of rotatable bonds is 9. The molecule has 0 radical (unpaired) electrons. The molecular weight excluding hydrogens is 441 g/mol. The first-order chi connectivity index (χ1) is 16.9. The zero-order valence-electron chi connectivity index (χ0n) is 21.0. The number of fused-ring (bicyclic) bond motifs is 1. The Morgan fingerprint density at radius 3 is 2.46 bits per heavy atom. The molecule has 1 aromatic heterocycles. The number of aromatic nitrogens is 2. The lowest BCUT2D eigenvalue weighted by Crippen LogP contribution is -2.40. The van der Waals surface area contributed by atoms with Crippen LogP contribution in [0, 0.1) is 17.7 Å². The maximum Gasteiger partial charge on any atom is 0.266 e. The van der Waals surface area contributed by atoms with Crippen molar-refractivity contribution in [3.05, 3.63) is 70.5 Å². The van der Waals surface area contributed by atoms with Gasteiger partial charge in [-0.2, -0.15) is 0 Å². The number of hydrogen-bond donors (Lipinski definition) is 0. The average Bonchev–Trinajstić information content (AvgIpc) is 3.37. The summed E-state index contributed by atoms with van der Waals surface area (Å²) in [5, 5.41) is 0.499. The Hall–Kier alpha value is -3.02. The molecule has 1 fully saturated rings. The van der Waals surface area contributed by atoms with Gasteiger partial charge in [-0.1, -0.05) is 58.6 Å². The van der Waals surface area contributed by atoms with E-state index in [-0.39, 0.29) is 29.2 Å². The minimum atomic E-state index is -0.368. The van der Waals surface area contributed by atoms with E-state index < -0.39 is 0 Å². The largest absolute Gasteiger partial charge is 0.332 e. The summed E-state index contributed by atoms with van der Waals surface area (Å²) in [6.07, 6.45) is 7.00. The maximum absolute atomic E-state index is 13.7. The Morgan fingerprint density at radius 1 is 1.11 bits per heavy atom. The number of nitrogens with zero attached hydrogens (tertiary/aromatic N) is 3. The molecule has 2 aromatic carbocycles. The van der Waals surface area contributed by atoms with E-state index in [1.54, 1.807) is 22.8 Å². The molecule has 0 bridgehead atoms. The van der Waals surface area contributed by atoms with Crippen molar-refractivity contribution in [2.24, 2.45) is 11.8 Å². The van der Waals surface area contributed by atoms with Gasteiger partial charge in [0, 0.05) is 13.0 Å². The molecule has 0 saturated heterocycles. The normalized spacial score (nSPS) is 15.1. The van der Waals surface area contributed by atoms with Crippen molar-refractivity contribution < 1.29 is 9.18 Å². The average molecular weight is 478 g/mol. The highest BCUT2D eigenvalue weighted by atomic mass is 19.1. The Balaban J connectivity index is 1.80. The number of halogens is 1. The van der Waals surface area contributed by atoms with E-state index in [4.69, 9.17) is 4.98 Å². The van der Waals surface area contributed by atoms with Gasteiger partial charge in [-0.25, -0.2) is 9.37 Å². The number of amides is 1.